The molecule has 136 valence electrons. The summed E-state index contributed by atoms with van der Waals surface area (Å²) in [7, 11) is 3.44. The van der Waals surface area contributed by atoms with Gasteiger partial charge in [-0.25, -0.2) is 0 Å². The minimum absolute atomic E-state index is 0. The number of nitrogens with one attached hydrogen (secondary N) is 3. The van der Waals surface area contributed by atoms with E-state index in [0.29, 0.717) is 18.6 Å². The number of guanidine groups is 1. The van der Waals surface area contributed by atoms with E-state index in [1.807, 2.05) is 13.8 Å². The van der Waals surface area contributed by atoms with Crippen molar-refractivity contribution in [3.8, 4) is 0 Å². The third kappa shape index (κ3) is 7.24. The number of likely N-dealkylation sites (tertiary alicyclic amines) is 1. The van der Waals surface area contributed by atoms with Gasteiger partial charge in [-0.05, 0) is 40.5 Å². The zero-order valence-electron chi connectivity index (χ0n) is 15.4. The Morgan fingerprint density at radius 1 is 1.30 bits per heavy atom. The van der Waals surface area contributed by atoms with E-state index in [-0.39, 0.29) is 29.9 Å². The van der Waals surface area contributed by atoms with Crippen molar-refractivity contribution in [2.45, 2.75) is 52.6 Å². The van der Waals surface area contributed by atoms with E-state index in [2.05, 4.69) is 39.7 Å². The molecule has 0 saturated carbocycles. The molecule has 7 heteroatoms. The Morgan fingerprint density at radius 3 is 2.30 bits per heavy atom. The highest BCUT2D eigenvalue weighted by atomic mass is 127. The summed E-state index contributed by atoms with van der Waals surface area (Å²) in [5.41, 5.74) is -0.465. The molecule has 1 aliphatic rings. The van der Waals surface area contributed by atoms with Crippen molar-refractivity contribution in [2.24, 2.45) is 10.4 Å². The minimum Gasteiger partial charge on any atom is -0.359 e. The highest BCUT2D eigenvalue weighted by Crippen LogP contribution is 2.14. The van der Waals surface area contributed by atoms with Crippen molar-refractivity contribution in [2.75, 3.05) is 33.7 Å². The first-order valence-corrected chi connectivity index (χ1v) is 8.23. The molecular formula is C16H34IN5O. The van der Waals surface area contributed by atoms with Gasteiger partial charge in [0.15, 0.2) is 5.96 Å². The summed E-state index contributed by atoms with van der Waals surface area (Å²) in [4.78, 5) is 18.6. The molecule has 0 spiro atoms. The van der Waals surface area contributed by atoms with Gasteiger partial charge in [-0.1, -0.05) is 0 Å². The Morgan fingerprint density at radius 2 is 1.87 bits per heavy atom. The molecule has 23 heavy (non-hydrogen) atoms. The maximum atomic E-state index is 11.8. The number of halogens is 1. The van der Waals surface area contributed by atoms with Gasteiger partial charge in [0.1, 0.15) is 0 Å². The number of piperidine rings is 1. The van der Waals surface area contributed by atoms with E-state index in [0.717, 1.165) is 31.9 Å². The maximum absolute atomic E-state index is 11.8. The summed E-state index contributed by atoms with van der Waals surface area (Å²) in [5.74, 6) is 0.806. The first-order valence-electron chi connectivity index (χ1n) is 8.23. The second kappa shape index (κ2) is 10.3. The molecule has 0 aromatic rings. The smallest absolute Gasteiger partial charge is 0.227 e. The number of aliphatic imine (C=N–C) groups is 1. The molecule has 6 nitrogen and oxygen atoms in total. The first-order chi connectivity index (χ1) is 10.3. The van der Waals surface area contributed by atoms with Crippen molar-refractivity contribution >= 4 is 35.8 Å². The first kappa shape index (κ1) is 22.4. The summed E-state index contributed by atoms with van der Waals surface area (Å²) in [5, 5.41) is 9.44. The average Bonchev–Trinajstić information content (AvgIpc) is 2.50. The predicted molar refractivity (Wildman–Crippen MR) is 107 cm³/mol. The lowest BCUT2D eigenvalue weighted by Gasteiger charge is -2.35. The van der Waals surface area contributed by atoms with Crippen LogP contribution in [0.3, 0.4) is 0 Å². The zero-order chi connectivity index (χ0) is 16.8. The lowest BCUT2D eigenvalue weighted by molar-refractivity contribution is -0.128. The van der Waals surface area contributed by atoms with Gasteiger partial charge in [0.05, 0.1) is 5.41 Å². The second-order valence-electron chi connectivity index (χ2n) is 6.94. The van der Waals surface area contributed by atoms with Crippen molar-refractivity contribution in [1.82, 2.24) is 20.9 Å². The number of hydrogen-bond acceptors (Lipinski definition) is 3. The molecule has 1 saturated heterocycles. The fourth-order valence-electron chi connectivity index (χ4n) is 2.67. The fourth-order valence-corrected chi connectivity index (χ4v) is 2.67. The van der Waals surface area contributed by atoms with Gasteiger partial charge in [0, 0.05) is 45.8 Å². The average molecular weight is 439 g/mol. The van der Waals surface area contributed by atoms with E-state index in [4.69, 9.17) is 0 Å². The normalized spacial score (nSPS) is 17.6. The number of rotatable bonds is 5. The van der Waals surface area contributed by atoms with E-state index >= 15 is 0 Å². The highest BCUT2D eigenvalue weighted by molar-refractivity contribution is 14.0. The molecule has 1 rings (SSSR count). The van der Waals surface area contributed by atoms with Crippen LogP contribution in [-0.2, 0) is 4.79 Å². The number of carbonyl (C=O) groups excluding carboxylic acids is 1. The third-order valence-electron chi connectivity index (χ3n) is 4.36. The monoisotopic (exact) mass is 439 g/mol. The van der Waals surface area contributed by atoms with Gasteiger partial charge in [-0.15, -0.1) is 24.0 Å². The van der Waals surface area contributed by atoms with Gasteiger partial charge in [0.2, 0.25) is 5.91 Å². The van der Waals surface area contributed by atoms with Crippen LogP contribution in [0, 0.1) is 5.41 Å². The molecule has 0 bridgehead atoms. The molecule has 0 aliphatic carbocycles. The van der Waals surface area contributed by atoms with Crippen LogP contribution < -0.4 is 16.0 Å². The van der Waals surface area contributed by atoms with Crippen LogP contribution in [0.25, 0.3) is 0 Å². The van der Waals surface area contributed by atoms with Gasteiger partial charge in [0.25, 0.3) is 0 Å². The molecule has 1 amide bonds. The largest absolute Gasteiger partial charge is 0.359 e. The molecule has 0 radical (unpaired) electrons. The summed E-state index contributed by atoms with van der Waals surface area (Å²) in [6.07, 6.45) is 2.25. The lowest BCUT2D eigenvalue weighted by Crippen LogP contribution is -2.52. The highest BCUT2D eigenvalue weighted by Gasteiger charge is 2.27. The molecule has 1 fully saturated rings. The zero-order valence-corrected chi connectivity index (χ0v) is 17.7. The van der Waals surface area contributed by atoms with Gasteiger partial charge in [-0.3, -0.25) is 9.79 Å². The molecule has 0 aromatic carbocycles. The molecule has 1 aliphatic heterocycles. The molecule has 0 unspecified atom stereocenters. The number of carbonyl (C=O) groups is 1. The van der Waals surface area contributed by atoms with Crippen molar-refractivity contribution in [3.05, 3.63) is 0 Å². The second-order valence-corrected chi connectivity index (χ2v) is 6.94. The molecule has 3 N–H and O–H groups in total. The van der Waals surface area contributed by atoms with Crippen molar-refractivity contribution in [3.63, 3.8) is 0 Å². The van der Waals surface area contributed by atoms with Gasteiger partial charge >= 0.3 is 0 Å². The Balaban J connectivity index is 0.00000484. The number of hydrogen-bond donors (Lipinski definition) is 3. The summed E-state index contributed by atoms with van der Waals surface area (Å²) in [6, 6.07) is 1.07. The Labute approximate surface area is 158 Å². The van der Waals surface area contributed by atoms with Crippen LogP contribution in [0.5, 0.6) is 0 Å². The topological polar surface area (TPSA) is 68.8 Å². The summed E-state index contributed by atoms with van der Waals surface area (Å²) in [6.45, 7) is 11.1. The Hall–Kier alpha value is -0.570. The maximum Gasteiger partial charge on any atom is 0.227 e. The molecule has 0 atom stereocenters. The minimum atomic E-state index is -0.465. The SMILES string of the molecule is CN=C(NCC(C)(C)C(=O)NC)NC1CCN(C(C)C)CC1.I. The van der Waals surface area contributed by atoms with Gasteiger partial charge in [-0.2, -0.15) is 0 Å². The van der Waals surface area contributed by atoms with Crippen LogP contribution in [-0.4, -0.2) is 62.6 Å². The number of amides is 1. The summed E-state index contributed by atoms with van der Waals surface area (Å²) >= 11 is 0. The van der Waals surface area contributed by atoms with Crippen molar-refractivity contribution < 1.29 is 4.79 Å². The molecule has 0 aromatic heterocycles. The Kier molecular flexibility index (Phi) is 10.1. The quantitative estimate of drug-likeness (QED) is 0.344. The fraction of sp³-hybridized carbons (Fsp3) is 0.875. The van der Waals surface area contributed by atoms with Crippen LogP contribution in [0.15, 0.2) is 4.99 Å². The summed E-state index contributed by atoms with van der Waals surface area (Å²) < 4.78 is 0. The third-order valence-corrected chi connectivity index (χ3v) is 4.36. The van der Waals surface area contributed by atoms with Crippen LogP contribution in [0.4, 0.5) is 0 Å². The van der Waals surface area contributed by atoms with Gasteiger partial charge < -0.3 is 20.9 Å². The Bertz CT molecular complexity index is 390. The van der Waals surface area contributed by atoms with Crippen molar-refractivity contribution in [1.29, 1.82) is 0 Å². The molecule has 1 heterocycles. The van der Waals surface area contributed by atoms with E-state index in [9.17, 15) is 4.79 Å². The van der Waals surface area contributed by atoms with Crippen LogP contribution in [0.1, 0.15) is 40.5 Å². The van der Waals surface area contributed by atoms with Crippen LogP contribution >= 0.6 is 24.0 Å². The predicted octanol–water partition coefficient (Wildman–Crippen LogP) is 1.41. The van der Waals surface area contributed by atoms with E-state index < -0.39 is 5.41 Å². The van der Waals surface area contributed by atoms with E-state index in [1.165, 1.54) is 0 Å². The number of nitrogens with zero attached hydrogens (tertiary/aromatic N) is 2. The lowest BCUT2D eigenvalue weighted by atomic mass is 9.92. The van der Waals surface area contributed by atoms with E-state index in [1.54, 1.807) is 14.1 Å². The standard InChI is InChI=1S/C16H33N5O.HI/c1-12(2)21-9-7-13(8-10-21)20-15(18-6)19-11-16(3,4)14(22)17-5;/h12-13H,7-11H2,1-6H3,(H,17,22)(H2,18,19,20);1H. The van der Waals surface area contributed by atoms with Crippen LogP contribution in [0.2, 0.25) is 0 Å². The molecular weight excluding hydrogens is 405 g/mol.